The molecule has 2 nitrogen and oxygen atoms in total. The van der Waals surface area contributed by atoms with Gasteiger partial charge in [0, 0.05) is 16.9 Å². The molecule has 0 aliphatic rings. The second-order valence-corrected chi connectivity index (χ2v) is 5.13. The van der Waals surface area contributed by atoms with Gasteiger partial charge in [0.25, 0.3) is 0 Å². The van der Waals surface area contributed by atoms with E-state index in [4.69, 9.17) is 5.84 Å². The van der Waals surface area contributed by atoms with Crippen LogP contribution in [-0.2, 0) is 6.42 Å². The summed E-state index contributed by atoms with van der Waals surface area (Å²) in [5, 5.41) is 1.94. The van der Waals surface area contributed by atoms with Crippen LogP contribution in [0.3, 0.4) is 0 Å². The summed E-state index contributed by atoms with van der Waals surface area (Å²) in [6.45, 7) is 1.53. The van der Waals surface area contributed by atoms with E-state index in [1.54, 1.807) is 23.5 Å². The quantitative estimate of drug-likeness (QED) is 0.660. The number of hydrogen-bond donors (Lipinski definition) is 2. The highest BCUT2D eigenvalue weighted by atomic mass is 32.1. The SMILES string of the molecule is Cc1ccc(C(Cc2cccs2)NN)c(F)c1F. The standard InChI is InChI=1S/C13H14F2N2S/c1-8-4-5-10(13(15)12(8)14)11(17-16)7-9-3-2-6-18-9/h2-6,11,17H,7,16H2,1H3. The molecule has 0 amide bonds. The summed E-state index contributed by atoms with van der Waals surface area (Å²) in [6, 6.07) is 6.56. The lowest BCUT2D eigenvalue weighted by atomic mass is 10.0. The van der Waals surface area contributed by atoms with Crippen LogP contribution in [0.2, 0.25) is 0 Å². The Morgan fingerprint density at radius 2 is 2.06 bits per heavy atom. The Labute approximate surface area is 108 Å². The summed E-state index contributed by atoms with van der Waals surface area (Å²) in [6.07, 6.45) is 0.535. The van der Waals surface area contributed by atoms with E-state index >= 15 is 0 Å². The van der Waals surface area contributed by atoms with Crippen LogP contribution < -0.4 is 11.3 Å². The monoisotopic (exact) mass is 268 g/mol. The van der Waals surface area contributed by atoms with E-state index in [2.05, 4.69) is 5.43 Å². The highest BCUT2D eigenvalue weighted by Crippen LogP contribution is 2.25. The van der Waals surface area contributed by atoms with Crippen molar-refractivity contribution in [3.63, 3.8) is 0 Å². The fourth-order valence-electron chi connectivity index (χ4n) is 1.82. The van der Waals surface area contributed by atoms with Crippen LogP contribution in [0.1, 0.15) is 22.0 Å². The zero-order valence-corrected chi connectivity index (χ0v) is 10.7. The summed E-state index contributed by atoms with van der Waals surface area (Å²) in [5.41, 5.74) is 3.10. The van der Waals surface area contributed by atoms with Crippen molar-refractivity contribution >= 4 is 11.3 Å². The van der Waals surface area contributed by atoms with Crippen molar-refractivity contribution in [3.8, 4) is 0 Å². The molecule has 0 fully saturated rings. The van der Waals surface area contributed by atoms with Crippen molar-refractivity contribution in [2.45, 2.75) is 19.4 Å². The number of rotatable bonds is 4. The third-order valence-electron chi connectivity index (χ3n) is 2.87. The molecule has 0 radical (unpaired) electrons. The van der Waals surface area contributed by atoms with Crippen molar-refractivity contribution in [3.05, 3.63) is 57.3 Å². The highest BCUT2D eigenvalue weighted by molar-refractivity contribution is 7.09. The average molecular weight is 268 g/mol. The van der Waals surface area contributed by atoms with Gasteiger partial charge in [-0.15, -0.1) is 11.3 Å². The second-order valence-electron chi connectivity index (χ2n) is 4.10. The highest BCUT2D eigenvalue weighted by Gasteiger charge is 2.19. The third kappa shape index (κ3) is 2.58. The van der Waals surface area contributed by atoms with Gasteiger partial charge < -0.3 is 0 Å². The number of nitrogens with two attached hydrogens (primary N) is 1. The first-order valence-electron chi connectivity index (χ1n) is 5.56. The minimum Gasteiger partial charge on any atom is -0.271 e. The molecular formula is C13H14F2N2S. The molecule has 18 heavy (non-hydrogen) atoms. The average Bonchev–Trinajstić information content (AvgIpc) is 2.87. The van der Waals surface area contributed by atoms with Gasteiger partial charge in [-0.05, 0) is 23.9 Å². The van der Waals surface area contributed by atoms with Gasteiger partial charge in [-0.25, -0.2) is 8.78 Å². The van der Waals surface area contributed by atoms with Crippen molar-refractivity contribution in [2.24, 2.45) is 5.84 Å². The zero-order chi connectivity index (χ0) is 13.1. The van der Waals surface area contributed by atoms with Crippen LogP contribution in [0.15, 0.2) is 29.6 Å². The molecule has 3 N–H and O–H groups in total. The summed E-state index contributed by atoms with van der Waals surface area (Å²) in [5.74, 6) is 3.81. The van der Waals surface area contributed by atoms with E-state index in [0.717, 1.165) is 4.88 Å². The lowest BCUT2D eigenvalue weighted by Crippen LogP contribution is -2.30. The van der Waals surface area contributed by atoms with E-state index in [1.807, 2.05) is 17.5 Å². The molecule has 0 aliphatic heterocycles. The van der Waals surface area contributed by atoms with Crippen molar-refractivity contribution in [2.75, 3.05) is 0 Å². The van der Waals surface area contributed by atoms with Gasteiger partial charge >= 0.3 is 0 Å². The van der Waals surface area contributed by atoms with Gasteiger partial charge in [0.05, 0.1) is 6.04 Å². The van der Waals surface area contributed by atoms with E-state index < -0.39 is 17.7 Å². The van der Waals surface area contributed by atoms with Crippen molar-refractivity contribution in [1.29, 1.82) is 0 Å². The van der Waals surface area contributed by atoms with E-state index in [9.17, 15) is 8.78 Å². The Morgan fingerprint density at radius 1 is 1.28 bits per heavy atom. The molecule has 0 spiro atoms. The Balaban J connectivity index is 2.30. The molecule has 0 aliphatic carbocycles. The first-order valence-corrected chi connectivity index (χ1v) is 6.44. The minimum atomic E-state index is -0.825. The van der Waals surface area contributed by atoms with E-state index in [1.165, 1.54) is 6.92 Å². The fraction of sp³-hybridized carbons (Fsp3) is 0.231. The molecule has 0 saturated heterocycles. The van der Waals surface area contributed by atoms with Crippen molar-refractivity contribution in [1.82, 2.24) is 5.43 Å². The number of thiophene rings is 1. The van der Waals surface area contributed by atoms with Crippen LogP contribution in [0.25, 0.3) is 0 Å². The Kier molecular flexibility index (Phi) is 4.06. The topological polar surface area (TPSA) is 38.0 Å². The minimum absolute atomic E-state index is 0.258. The lowest BCUT2D eigenvalue weighted by Gasteiger charge is -2.17. The molecule has 1 unspecified atom stereocenters. The van der Waals surface area contributed by atoms with Gasteiger partial charge in [-0.2, -0.15) is 0 Å². The van der Waals surface area contributed by atoms with Gasteiger partial charge in [0.1, 0.15) is 0 Å². The molecule has 5 heteroatoms. The maximum Gasteiger partial charge on any atom is 0.163 e. The normalized spacial score (nSPS) is 12.7. The molecule has 0 saturated carbocycles. The summed E-state index contributed by atoms with van der Waals surface area (Å²) < 4.78 is 27.4. The maximum absolute atomic E-state index is 13.9. The van der Waals surface area contributed by atoms with Crippen molar-refractivity contribution < 1.29 is 8.78 Å². The van der Waals surface area contributed by atoms with Gasteiger partial charge in [0.15, 0.2) is 11.6 Å². The first-order chi connectivity index (χ1) is 8.63. The van der Waals surface area contributed by atoms with E-state index in [-0.39, 0.29) is 5.56 Å². The van der Waals surface area contributed by atoms with Crippen LogP contribution in [0, 0.1) is 18.6 Å². The Bertz CT molecular complexity index is 526. The number of halogens is 2. The summed E-state index contributed by atoms with van der Waals surface area (Å²) >= 11 is 1.56. The molecular weight excluding hydrogens is 254 g/mol. The maximum atomic E-state index is 13.9. The molecule has 2 rings (SSSR count). The Hall–Kier alpha value is -1.30. The first kappa shape index (κ1) is 13.1. The number of hydrogen-bond acceptors (Lipinski definition) is 3. The second kappa shape index (κ2) is 5.56. The predicted molar refractivity (Wildman–Crippen MR) is 69.2 cm³/mol. The smallest absolute Gasteiger partial charge is 0.163 e. The Morgan fingerprint density at radius 3 is 2.67 bits per heavy atom. The zero-order valence-electron chi connectivity index (χ0n) is 9.91. The number of hydrazine groups is 1. The molecule has 1 atom stereocenters. The van der Waals surface area contributed by atoms with E-state index in [0.29, 0.717) is 12.0 Å². The lowest BCUT2D eigenvalue weighted by molar-refractivity contribution is 0.462. The van der Waals surface area contributed by atoms with Gasteiger partial charge in [0.2, 0.25) is 0 Å². The van der Waals surface area contributed by atoms with Gasteiger partial charge in [-0.1, -0.05) is 18.2 Å². The largest absolute Gasteiger partial charge is 0.271 e. The predicted octanol–water partition coefficient (Wildman–Crippen LogP) is 3.08. The third-order valence-corrected chi connectivity index (χ3v) is 3.77. The molecule has 1 heterocycles. The number of aryl methyl sites for hydroxylation is 1. The molecule has 2 aromatic rings. The van der Waals surface area contributed by atoms with Crippen LogP contribution >= 0.6 is 11.3 Å². The fourth-order valence-corrected chi connectivity index (χ4v) is 2.57. The van der Waals surface area contributed by atoms with Crippen LogP contribution in [0.5, 0.6) is 0 Å². The number of nitrogens with one attached hydrogen (secondary N) is 1. The van der Waals surface area contributed by atoms with Crippen LogP contribution in [0.4, 0.5) is 8.78 Å². The van der Waals surface area contributed by atoms with Crippen LogP contribution in [-0.4, -0.2) is 0 Å². The number of benzene rings is 1. The van der Waals surface area contributed by atoms with Gasteiger partial charge in [-0.3, -0.25) is 11.3 Å². The molecule has 96 valence electrons. The molecule has 1 aromatic carbocycles. The summed E-state index contributed by atoms with van der Waals surface area (Å²) in [7, 11) is 0. The molecule has 1 aromatic heterocycles. The molecule has 0 bridgehead atoms. The summed E-state index contributed by atoms with van der Waals surface area (Å²) in [4.78, 5) is 1.07.